The quantitative estimate of drug-likeness (QED) is 0.842. The van der Waals surface area contributed by atoms with Crippen molar-refractivity contribution in [3.05, 3.63) is 33.3 Å². The number of ether oxygens (including phenoxy) is 1. The summed E-state index contributed by atoms with van der Waals surface area (Å²) < 4.78 is 5.68. The van der Waals surface area contributed by atoms with Crippen LogP contribution in [-0.2, 0) is 9.53 Å². The molecule has 0 bridgehead atoms. The van der Waals surface area contributed by atoms with Crippen LogP contribution in [0.5, 0.6) is 0 Å². The van der Waals surface area contributed by atoms with E-state index in [2.05, 4.69) is 21.2 Å². The van der Waals surface area contributed by atoms with Crippen LogP contribution >= 0.6 is 27.5 Å². The van der Waals surface area contributed by atoms with Crippen LogP contribution in [0.2, 0.25) is 5.02 Å². The van der Waals surface area contributed by atoms with Gasteiger partial charge in [0.25, 0.3) is 0 Å². The fourth-order valence-electron chi connectivity index (χ4n) is 2.44. The van der Waals surface area contributed by atoms with Gasteiger partial charge >= 0.3 is 5.97 Å². The third-order valence-electron chi connectivity index (χ3n) is 3.47. The van der Waals surface area contributed by atoms with Crippen molar-refractivity contribution in [1.82, 2.24) is 5.32 Å². The van der Waals surface area contributed by atoms with E-state index in [1.165, 1.54) is 20.0 Å². The van der Waals surface area contributed by atoms with E-state index < -0.39 is 6.04 Å². The Morgan fingerprint density at radius 3 is 2.74 bits per heavy atom. The summed E-state index contributed by atoms with van der Waals surface area (Å²) in [5.74, 6) is -0.263. The average Bonchev–Trinajstić information content (AvgIpc) is 2.91. The topological polar surface area (TPSA) is 38.3 Å². The normalized spacial score (nSPS) is 17.4. The van der Waals surface area contributed by atoms with E-state index in [0.717, 1.165) is 22.9 Å². The minimum absolute atomic E-state index is 0.263. The lowest BCUT2D eigenvalue weighted by molar-refractivity contribution is -0.143. The largest absolute Gasteiger partial charge is 0.468 e. The lowest BCUT2D eigenvalue weighted by Gasteiger charge is -2.21. The summed E-state index contributed by atoms with van der Waals surface area (Å²) in [6.07, 6.45) is 4.66. The molecule has 104 valence electrons. The highest BCUT2D eigenvalue weighted by atomic mass is 79.9. The van der Waals surface area contributed by atoms with E-state index in [-0.39, 0.29) is 5.97 Å². The van der Waals surface area contributed by atoms with E-state index in [4.69, 9.17) is 16.3 Å². The van der Waals surface area contributed by atoms with Crippen LogP contribution in [0.4, 0.5) is 0 Å². The highest BCUT2D eigenvalue weighted by Gasteiger charge is 2.26. The molecule has 0 heterocycles. The van der Waals surface area contributed by atoms with Crippen molar-refractivity contribution >= 4 is 33.5 Å². The smallest absolute Gasteiger partial charge is 0.327 e. The lowest BCUT2D eigenvalue weighted by atomic mass is 10.1. The molecule has 0 aromatic heterocycles. The molecule has 2 rings (SSSR count). The van der Waals surface area contributed by atoms with Crippen LogP contribution < -0.4 is 5.32 Å². The molecule has 0 radical (unpaired) electrons. The summed E-state index contributed by atoms with van der Waals surface area (Å²) in [5, 5.41) is 4.02. The van der Waals surface area contributed by atoms with Gasteiger partial charge < -0.3 is 4.74 Å². The third-order valence-corrected chi connectivity index (χ3v) is 4.69. The molecule has 5 heteroatoms. The summed E-state index contributed by atoms with van der Waals surface area (Å²) in [5.41, 5.74) is 0.870. The fourth-order valence-corrected chi connectivity index (χ4v) is 2.95. The van der Waals surface area contributed by atoms with Crippen molar-refractivity contribution in [2.45, 2.75) is 37.8 Å². The molecule has 1 unspecified atom stereocenters. The number of methoxy groups -OCH3 is 1. The molecule has 1 atom stereocenters. The SMILES string of the molecule is COC(=O)C(NC1CCCC1)c1ccc(Cl)c(Br)c1. The van der Waals surface area contributed by atoms with E-state index in [0.29, 0.717) is 11.1 Å². The minimum atomic E-state index is -0.429. The predicted molar refractivity (Wildman–Crippen MR) is 79.3 cm³/mol. The van der Waals surface area contributed by atoms with E-state index in [9.17, 15) is 4.79 Å². The van der Waals surface area contributed by atoms with E-state index in [1.54, 1.807) is 6.07 Å². The summed E-state index contributed by atoms with van der Waals surface area (Å²) in [4.78, 5) is 12.0. The number of carbonyl (C=O) groups excluding carboxylic acids is 1. The van der Waals surface area contributed by atoms with Crippen molar-refractivity contribution in [2.75, 3.05) is 7.11 Å². The van der Waals surface area contributed by atoms with Crippen LogP contribution in [0.1, 0.15) is 37.3 Å². The minimum Gasteiger partial charge on any atom is -0.468 e. The second-order valence-electron chi connectivity index (χ2n) is 4.78. The second kappa shape index (κ2) is 6.73. The molecule has 1 aliphatic carbocycles. The number of benzene rings is 1. The number of rotatable bonds is 4. The molecular weight excluding hydrogens is 330 g/mol. The van der Waals surface area contributed by atoms with Crippen LogP contribution in [0.25, 0.3) is 0 Å². The van der Waals surface area contributed by atoms with Gasteiger partial charge in [-0.3, -0.25) is 5.32 Å². The van der Waals surface area contributed by atoms with Crippen molar-refractivity contribution in [1.29, 1.82) is 0 Å². The van der Waals surface area contributed by atoms with Crippen molar-refractivity contribution < 1.29 is 9.53 Å². The summed E-state index contributed by atoms with van der Waals surface area (Å²) in [6, 6.07) is 5.47. The first-order chi connectivity index (χ1) is 9.11. The summed E-state index contributed by atoms with van der Waals surface area (Å²) >= 11 is 9.37. The van der Waals surface area contributed by atoms with Gasteiger partial charge in [-0.15, -0.1) is 0 Å². The molecule has 1 aromatic carbocycles. The van der Waals surface area contributed by atoms with Gasteiger partial charge in [-0.25, -0.2) is 4.79 Å². The zero-order valence-corrected chi connectivity index (χ0v) is 13.1. The Bertz CT molecular complexity index is 461. The second-order valence-corrected chi connectivity index (χ2v) is 6.04. The number of hydrogen-bond donors (Lipinski definition) is 1. The molecule has 0 saturated heterocycles. The van der Waals surface area contributed by atoms with Crippen LogP contribution in [0.15, 0.2) is 22.7 Å². The lowest BCUT2D eigenvalue weighted by Crippen LogP contribution is -2.36. The average molecular weight is 347 g/mol. The van der Waals surface area contributed by atoms with Gasteiger partial charge in [0, 0.05) is 10.5 Å². The monoisotopic (exact) mass is 345 g/mol. The molecule has 1 aromatic rings. The van der Waals surface area contributed by atoms with Gasteiger partial charge in [-0.1, -0.05) is 30.5 Å². The van der Waals surface area contributed by atoms with E-state index in [1.807, 2.05) is 12.1 Å². The highest BCUT2D eigenvalue weighted by molar-refractivity contribution is 9.10. The molecule has 19 heavy (non-hydrogen) atoms. The number of halogens is 2. The number of hydrogen-bond acceptors (Lipinski definition) is 3. The fraction of sp³-hybridized carbons (Fsp3) is 0.500. The number of carbonyl (C=O) groups is 1. The van der Waals surface area contributed by atoms with Crippen LogP contribution in [0, 0.1) is 0 Å². The third kappa shape index (κ3) is 3.71. The molecule has 3 nitrogen and oxygen atoms in total. The van der Waals surface area contributed by atoms with Crippen molar-refractivity contribution in [3.8, 4) is 0 Å². The Morgan fingerprint density at radius 2 is 2.16 bits per heavy atom. The van der Waals surface area contributed by atoms with Gasteiger partial charge in [0.1, 0.15) is 6.04 Å². The maximum absolute atomic E-state index is 12.0. The first-order valence-corrected chi connectivity index (χ1v) is 7.57. The standard InChI is InChI=1S/C14H17BrClNO2/c1-19-14(18)13(17-10-4-2-3-5-10)9-6-7-12(16)11(15)8-9/h6-8,10,13,17H,2-5H2,1H3. The van der Waals surface area contributed by atoms with Crippen LogP contribution in [0.3, 0.4) is 0 Å². The van der Waals surface area contributed by atoms with Gasteiger partial charge in [-0.05, 0) is 46.5 Å². The zero-order valence-electron chi connectivity index (χ0n) is 10.8. The van der Waals surface area contributed by atoms with Gasteiger partial charge in [0.2, 0.25) is 0 Å². The Hall–Kier alpha value is -0.580. The maximum Gasteiger partial charge on any atom is 0.327 e. The maximum atomic E-state index is 12.0. The molecule has 1 saturated carbocycles. The first-order valence-electron chi connectivity index (χ1n) is 6.40. The molecule has 1 N–H and O–H groups in total. The molecular formula is C14H17BrClNO2. The molecule has 1 aliphatic rings. The summed E-state index contributed by atoms with van der Waals surface area (Å²) in [6.45, 7) is 0. The van der Waals surface area contributed by atoms with Crippen molar-refractivity contribution in [3.63, 3.8) is 0 Å². The van der Waals surface area contributed by atoms with Crippen molar-refractivity contribution in [2.24, 2.45) is 0 Å². The molecule has 0 spiro atoms. The molecule has 1 fully saturated rings. The highest BCUT2D eigenvalue weighted by Crippen LogP contribution is 2.28. The van der Waals surface area contributed by atoms with E-state index >= 15 is 0 Å². The Morgan fingerprint density at radius 1 is 1.47 bits per heavy atom. The predicted octanol–water partition coefficient (Wildman–Crippen LogP) is 3.85. The Kier molecular flexibility index (Phi) is 5.25. The van der Waals surface area contributed by atoms with Crippen LogP contribution in [-0.4, -0.2) is 19.1 Å². The molecule has 0 aliphatic heterocycles. The number of esters is 1. The van der Waals surface area contributed by atoms with Gasteiger partial charge in [0.15, 0.2) is 0 Å². The van der Waals surface area contributed by atoms with Gasteiger partial charge in [0.05, 0.1) is 12.1 Å². The first kappa shape index (κ1) is 14.8. The van der Waals surface area contributed by atoms with Gasteiger partial charge in [-0.2, -0.15) is 0 Å². The Balaban J connectivity index is 2.20. The molecule has 0 amide bonds. The summed E-state index contributed by atoms with van der Waals surface area (Å²) in [7, 11) is 1.41. The zero-order chi connectivity index (χ0) is 13.8. The Labute approximate surface area is 126 Å². The number of nitrogens with one attached hydrogen (secondary N) is 1.